The maximum Gasteiger partial charge on any atom is 0.182 e. The molecule has 1 aliphatic rings. The van der Waals surface area contributed by atoms with Crippen LogP contribution in [0, 0.1) is 0 Å². The molecule has 13 aromatic rings. The van der Waals surface area contributed by atoms with E-state index in [0.717, 1.165) is 44.5 Å². The summed E-state index contributed by atoms with van der Waals surface area (Å²) in [6, 6.07) is 67.1. The summed E-state index contributed by atoms with van der Waals surface area (Å²) in [5.74, 6) is 0. The second kappa shape index (κ2) is 12.7. The molecule has 0 saturated heterocycles. The molecule has 0 unspecified atom stereocenters. The highest BCUT2D eigenvalue weighted by atomic mass is 32.1. The van der Waals surface area contributed by atoms with Crippen LogP contribution in [0.2, 0.25) is 0 Å². The van der Waals surface area contributed by atoms with Crippen LogP contribution in [0.15, 0.2) is 193 Å². The van der Waals surface area contributed by atoms with E-state index in [0.29, 0.717) is 0 Å². The minimum Gasteiger partial charge on any atom is -0.443 e. The molecule has 0 aliphatic heterocycles. The topological polar surface area (TPSA) is 33.7 Å². The second-order valence-electron chi connectivity index (χ2n) is 17.5. The number of nitrogens with zero attached hydrogens (tertiary/aromatic N) is 3. The van der Waals surface area contributed by atoms with Crippen LogP contribution in [0.25, 0.3) is 103 Å². The van der Waals surface area contributed by atoms with Gasteiger partial charge in [-0.15, -0.1) is 11.3 Å². The monoisotopic (exact) mass is 823 g/mol. The zero-order valence-electron chi connectivity index (χ0n) is 34.6. The van der Waals surface area contributed by atoms with Crippen LogP contribution < -0.4 is 4.90 Å². The molecule has 0 atom stereocenters. The van der Waals surface area contributed by atoms with Gasteiger partial charge in [0.05, 0.1) is 21.9 Å². The van der Waals surface area contributed by atoms with Crippen molar-refractivity contribution >= 4 is 97.8 Å². The van der Waals surface area contributed by atoms with Gasteiger partial charge in [-0.3, -0.25) is 0 Å². The van der Waals surface area contributed by atoms with Gasteiger partial charge in [0.15, 0.2) is 12.0 Å². The highest BCUT2D eigenvalue weighted by Gasteiger charge is 2.36. The number of hydrogen-bond donors (Lipinski definition) is 0. The van der Waals surface area contributed by atoms with E-state index in [1.807, 2.05) is 11.3 Å². The number of thiophene rings is 1. The fourth-order valence-electron chi connectivity index (χ4n) is 11.0. The maximum atomic E-state index is 6.20. The van der Waals surface area contributed by atoms with Gasteiger partial charge in [0.2, 0.25) is 0 Å². The molecule has 0 spiro atoms. The average molecular weight is 824 g/mol. The minimum absolute atomic E-state index is 0.142. The van der Waals surface area contributed by atoms with Gasteiger partial charge in [-0.05, 0) is 99.1 Å². The van der Waals surface area contributed by atoms with Crippen molar-refractivity contribution in [3.05, 3.63) is 200 Å². The molecule has 0 saturated carbocycles. The number of aromatic nitrogens is 2. The average Bonchev–Trinajstić information content (AvgIpc) is 4.15. The smallest absolute Gasteiger partial charge is 0.182 e. The Morgan fingerprint density at radius 2 is 1.11 bits per heavy atom. The first kappa shape index (κ1) is 34.9. The lowest BCUT2D eigenvalue weighted by Crippen LogP contribution is -2.16. The summed E-state index contributed by atoms with van der Waals surface area (Å²) in [4.78, 5) is 7.10. The van der Waals surface area contributed by atoms with Crippen LogP contribution in [-0.2, 0) is 5.41 Å². The van der Waals surface area contributed by atoms with Crippen molar-refractivity contribution < 1.29 is 4.42 Å². The molecule has 1 aliphatic carbocycles. The number of rotatable bonds is 5. The van der Waals surface area contributed by atoms with Crippen molar-refractivity contribution in [2.45, 2.75) is 19.3 Å². The zero-order chi connectivity index (χ0) is 41.6. The number of benzene rings is 9. The van der Waals surface area contributed by atoms with Crippen LogP contribution in [0.4, 0.5) is 17.1 Å². The van der Waals surface area contributed by atoms with Crippen LogP contribution >= 0.6 is 11.3 Å². The first-order valence-electron chi connectivity index (χ1n) is 21.6. The Morgan fingerprint density at radius 3 is 1.92 bits per heavy atom. The van der Waals surface area contributed by atoms with Crippen molar-refractivity contribution in [2.24, 2.45) is 0 Å². The molecule has 0 amide bonds. The van der Waals surface area contributed by atoms with Crippen LogP contribution in [0.1, 0.15) is 25.0 Å². The van der Waals surface area contributed by atoms with Gasteiger partial charge in [0.1, 0.15) is 5.52 Å². The maximum absolute atomic E-state index is 6.20. The van der Waals surface area contributed by atoms with Crippen molar-refractivity contribution in [1.29, 1.82) is 0 Å². The second-order valence-corrected chi connectivity index (χ2v) is 18.5. The third kappa shape index (κ3) is 4.77. The van der Waals surface area contributed by atoms with E-state index in [1.54, 1.807) is 6.39 Å². The fraction of sp³-hybridized carbons (Fsp3) is 0.0517. The Bertz CT molecular complexity index is 4000. The van der Waals surface area contributed by atoms with Crippen molar-refractivity contribution in [1.82, 2.24) is 9.38 Å². The van der Waals surface area contributed by atoms with Crippen molar-refractivity contribution in [2.75, 3.05) is 4.90 Å². The summed E-state index contributed by atoms with van der Waals surface area (Å²) >= 11 is 1.90. The summed E-state index contributed by atoms with van der Waals surface area (Å²) in [6.45, 7) is 4.71. The summed E-state index contributed by atoms with van der Waals surface area (Å²) in [6.07, 6.45) is 1.58. The molecule has 9 aromatic carbocycles. The Balaban J connectivity index is 0.968. The molecular formula is C58H37N3OS. The summed E-state index contributed by atoms with van der Waals surface area (Å²) < 4.78 is 11.2. The predicted octanol–water partition coefficient (Wildman–Crippen LogP) is 16.5. The number of anilines is 3. The molecule has 0 radical (unpaired) electrons. The zero-order valence-corrected chi connectivity index (χ0v) is 35.4. The molecule has 296 valence electrons. The van der Waals surface area contributed by atoms with E-state index < -0.39 is 0 Å². The van der Waals surface area contributed by atoms with Gasteiger partial charge in [0, 0.05) is 58.8 Å². The molecule has 0 N–H and O–H groups in total. The number of hydrogen-bond acceptors (Lipinski definition) is 4. The lowest BCUT2D eigenvalue weighted by atomic mass is 9.82. The van der Waals surface area contributed by atoms with E-state index in [9.17, 15) is 0 Å². The first-order chi connectivity index (χ1) is 31.0. The Labute approximate surface area is 366 Å². The molecule has 14 rings (SSSR count). The Kier molecular flexibility index (Phi) is 7.02. The predicted molar refractivity (Wildman–Crippen MR) is 265 cm³/mol. The molecule has 5 heteroatoms. The normalized spacial score (nSPS) is 13.4. The Morgan fingerprint density at radius 1 is 0.492 bits per heavy atom. The lowest BCUT2D eigenvalue weighted by Gasteiger charge is -2.28. The van der Waals surface area contributed by atoms with Crippen LogP contribution in [0.5, 0.6) is 0 Å². The van der Waals surface area contributed by atoms with E-state index >= 15 is 0 Å². The third-order valence-electron chi connectivity index (χ3n) is 13.9. The van der Waals surface area contributed by atoms with Crippen molar-refractivity contribution in [3.63, 3.8) is 0 Å². The quantitative estimate of drug-likeness (QED) is 0.173. The van der Waals surface area contributed by atoms with Gasteiger partial charge in [-0.2, -0.15) is 0 Å². The SMILES string of the molecule is CC1(C)c2ccccc2-c2ccc(N(c3ccc(-c4cccc5c4sc4c(-c6ccccc6)cccc45)cc3)c3ccc4c(c3)c3c5ocnc5cc5c6ccccc6n4c53)cc21. The van der Waals surface area contributed by atoms with E-state index in [2.05, 4.69) is 210 Å². The van der Waals surface area contributed by atoms with Crippen molar-refractivity contribution in [3.8, 4) is 33.4 Å². The summed E-state index contributed by atoms with van der Waals surface area (Å²) in [5.41, 5.74) is 18.7. The molecular weight excluding hydrogens is 787 g/mol. The molecule has 4 nitrogen and oxygen atoms in total. The van der Waals surface area contributed by atoms with Gasteiger partial charge in [0.25, 0.3) is 0 Å². The van der Waals surface area contributed by atoms with Crippen LogP contribution in [0.3, 0.4) is 0 Å². The summed E-state index contributed by atoms with van der Waals surface area (Å²) in [7, 11) is 0. The molecule has 0 bridgehead atoms. The molecule has 4 aromatic heterocycles. The number of para-hydroxylation sites is 1. The standard InChI is InChI=1S/C58H37N3OS/c1-58(2)48-20-8-6-14-41(48)42-28-26-38(31-49(42)58)60(37-27-29-52-47(30-37)53-54-46(32-50-55(53)62-33-59-50)43-15-7-9-21-51(43)61(52)54)36-24-22-35(23-25-36)40-17-11-19-45-44-18-10-16-39(56(44)63-57(40)45)34-12-4-3-5-13-34/h3-33H,1-2H3. The van der Waals surface area contributed by atoms with E-state index in [1.165, 1.54) is 86.5 Å². The molecule has 4 heterocycles. The van der Waals surface area contributed by atoms with E-state index in [4.69, 9.17) is 4.42 Å². The third-order valence-corrected chi connectivity index (χ3v) is 15.2. The number of oxazole rings is 1. The molecule has 63 heavy (non-hydrogen) atoms. The number of fused-ring (bicyclic) bond motifs is 14. The summed E-state index contributed by atoms with van der Waals surface area (Å²) in [5, 5.41) is 7.25. The Hall–Kier alpha value is -7.73. The minimum atomic E-state index is -0.142. The van der Waals surface area contributed by atoms with Gasteiger partial charge in [-0.1, -0.05) is 141 Å². The lowest BCUT2D eigenvalue weighted by molar-refractivity contribution is 0.605. The molecule has 0 fully saturated rings. The highest BCUT2D eigenvalue weighted by molar-refractivity contribution is 7.26. The highest BCUT2D eigenvalue weighted by Crippen LogP contribution is 2.52. The van der Waals surface area contributed by atoms with Gasteiger partial charge < -0.3 is 13.7 Å². The van der Waals surface area contributed by atoms with Crippen LogP contribution in [-0.4, -0.2) is 9.38 Å². The fourth-order valence-corrected chi connectivity index (χ4v) is 12.3. The van der Waals surface area contributed by atoms with Gasteiger partial charge >= 0.3 is 0 Å². The first-order valence-corrected chi connectivity index (χ1v) is 22.4. The largest absolute Gasteiger partial charge is 0.443 e. The van der Waals surface area contributed by atoms with E-state index in [-0.39, 0.29) is 5.41 Å². The van der Waals surface area contributed by atoms with Gasteiger partial charge in [-0.25, -0.2) is 4.98 Å².